The van der Waals surface area contributed by atoms with Gasteiger partial charge in [-0.3, -0.25) is 0 Å². The Labute approximate surface area is 305 Å². The number of para-hydroxylation sites is 4. The summed E-state index contributed by atoms with van der Waals surface area (Å²) < 4.78 is 25.7. The molecule has 4 aliphatic heterocycles. The molecule has 0 fully saturated rings. The topological polar surface area (TPSA) is 36.9 Å². The minimum absolute atomic E-state index is 0.728. The van der Waals surface area contributed by atoms with Crippen LogP contribution in [0.15, 0.2) is 121 Å². The van der Waals surface area contributed by atoms with Crippen LogP contribution in [0.4, 0.5) is 0 Å². The highest BCUT2D eigenvalue weighted by molar-refractivity contribution is 7.81. The zero-order chi connectivity index (χ0) is 34.2. The fraction of sp³-hybridized carbons (Fsp3) is 0.174. The molecule has 0 unspecified atom stereocenters. The molecule has 0 aromatic heterocycles. The molecule has 0 N–H and O–H groups in total. The Morgan fingerprint density at radius 3 is 0.981 bits per heavy atom. The van der Waals surface area contributed by atoms with Crippen molar-refractivity contribution in [3.8, 4) is 23.0 Å². The number of ether oxygens (including phenoxy) is 4. The standard InChI is InChI=1S/C46H36O4P2/c1-7-29-19-23-47-43(29)39(15-1)51(40-16-2-8-30-20-24-48-44(30)40)37-13-5-11-33-27-34-12-6-14-38(36(34)28-35(33)37)52(41-17-3-9-31-21-25-49-45(31)41)42-18-4-10-32-22-26-50-46(32)42/h1-18,27-28H,19-26H2. The van der Waals surface area contributed by atoms with Crippen LogP contribution in [0.3, 0.4) is 0 Å². The summed E-state index contributed by atoms with van der Waals surface area (Å²) in [5.41, 5.74) is 5.19. The normalized spacial score (nSPS) is 15.3. The molecule has 7 aromatic rings. The van der Waals surface area contributed by atoms with Crippen LogP contribution < -0.4 is 50.8 Å². The van der Waals surface area contributed by atoms with Crippen LogP contribution in [0.1, 0.15) is 22.3 Å². The first kappa shape index (κ1) is 30.7. The van der Waals surface area contributed by atoms with E-state index >= 15 is 0 Å². The van der Waals surface area contributed by atoms with E-state index in [1.807, 2.05) is 0 Å². The molecule has 0 saturated heterocycles. The van der Waals surface area contributed by atoms with Crippen LogP contribution in [0, 0.1) is 0 Å². The lowest BCUT2D eigenvalue weighted by molar-refractivity contribution is 0.358. The van der Waals surface area contributed by atoms with Crippen LogP contribution in [0.25, 0.3) is 21.5 Å². The molecule has 254 valence electrons. The van der Waals surface area contributed by atoms with E-state index in [1.165, 1.54) is 75.6 Å². The molecule has 6 heteroatoms. The van der Waals surface area contributed by atoms with E-state index in [9.17, 15) is 0 Å². The van der Waals surface area contributed by atoms with Gasteiger partial charge in [-0.05, 0) is 82.4 Å². The lowest BCUT2D eigenvalue weighted by Crippen LogP contribution is -2.24. The second kappa shape index (κ2) is 12.4. The van der Waals surface area contributed by atoms with E-state index in [1.54, 1.807) is 0 Å². The summed E-state index contributed by atoms with van der Waals surface area (Å²) in [6.07, 6.45) is 3.79. The molecule has 0 saturated carbocycles. The maximum atomic E-state index is 6.43. The summed E-state index contributed by atoms with van der Waals surface area (Å²) in [5, 5.41) is 12.8. The maximum Gasteiger partial charge on any atom is 0.130 e. The van der Waals surface area contributed by atoms with Gasteiger partial charge in [0.05, 0.1) is 26.4 Å². The summed E-state index contributed by atoms with van der Waals surface area (Å²) in [7, 11) is -2.02. The Morgan fingerprint density at radius 1 is 0.327 bits per heavy atom. The first-order valence-electron chi connectivity index (χ1n) is 18.3. The van der Waals surface area contributed by atoms with Crippen molar-refractivity contribution in [1.29, 1.82) is 0 Å². The molecule has 4 aliphatic rings. The Hall–Kier alpha value is -4.88. The van der Waals surface area contributed by atoms with Gasteiger partial charge in [0.1, 0.15) is 23.0 Å². The number of rotatable bonds is 6. The molecule has 52 heavy (non-hydrogen) atoms. The van der Waals surface area contributed by atoms with Gasteiger partial charge in [0.2, 0.25) is 0 Å². The average molecular weight is 715 g/mol. The predicted molar refractivity (Wildman–Crippen MR) is 216 cm³/mol. The van der Waals surface area contributed by atoms with Crippen molar-refractivity contribution in [3.05, 3.63) is 144 Å². The first-order valence-corrected chi connectivity index (χ1v) is 21.0. The summed E-state index contributed by atoms with van der Waals surface area (Å²) in [4.78, 5) is 0. The third kappa shape index (κ3) is 4.81. The molecule has 4 nitrogen and oxygen atoms in total. The van der Waals surface area contributed by atoms with Gasteiger partial charge in [0.25, 0.3) is 0 Å². The summed E-state index contributed by atoms with van der Waals surface area (Å²) >= 11 is 0. The fourth-order valence-corrected chi connectivity index (χ4v) is 14.2. The average Bonchev–Trinajstić information content (AvgIpc) is 4.02. The van der Waals surface area contributed by atoms with Crippen LogP contribution in [-0.2, 0) is 25.7 Å². The van der Waals surface area contributed by atoms with Gasteiger partial charge in [-0.25, -0.2) is 0 Å². The van der Waals surface area contributed by atoms with Gasteiger partial charge in [-0.2, -0.15) is 0 Å². The summed E-state index contributed by atoms with van der Waals surface area (Å²) in [5.74, 6) is 4.23. The van der Waals surface area contributed by atoms with Crippen molar-refractivity contribution in [2.75, 3.05) is 26.4 Å². The second-order valence-corrected chi connectivity index (χ2v) is 18.2. The lowest BCUT2D eigenvalue weighted by Gasteiger charge is -2.26. The molecule has 11 rings (SSSR count). The smallest absolute Gasteiger partial charge is 0.130 e. The Bertz CT molecular complexity index is 2290. The largest absolute Gasteiger partial charge is 0.492 e. The van der Waals surface area contributed by atoms with Crippen molar-refractivity contribution >= 4 is 69.2 Å². The van der Waals surface area contributed by atoms with Crippen molar-refractivity contribution < 1.29 is 18.9 Å². The van der Waals surface area contributed by atoms with Crippen molar-refractivity contribution in [2.24, 2.45) is 0 Å². The summed E-state index contributed by atoms with van der Waals surface area (Å²) in [6, 6.07) is 45.5. The van der Waals surface area contributed by atoms with E-state index in [0.717, 1.165) is 75.1 Å². The van der Waals surface area contributed by atoms with E-state index in [4.69, 9.17) is 18.9 Å². The molecule has 7 aromatic carbocycles. The molecule has 0 bridgehead atoms. The molecular weight excluding hydrogens is 678 g/mol. The van der Waals surface area contributed by atoms with Gasteiger partial charge < -0.3 is 18.9 Å². The van der Waals surface area contributed by atoms with Gasteiger partial charge >= 0.3 is 0 Å². The number of benzene rings is 7. The zero-order valence-corrected chi connectivity index (χ0v) is 30.5. The van der Waals surface area contributed by atoms with Crippen LogP contribution in [0.5, 0.6) is 23.0 Å². The highest BCUT2D eigenvalue weighted by atomic mass is 31.1. The monoisotopic (exact) mass is 714 g/mol. The molecule has 0 spiro atoms. The fourth-order valence-electron chi connectivity index (χ4n) is 8.68. The second-order valence-electron chi connectivity index (χ2n) is 14.0. The van der Waals surface area contributed by atoms with Crippen molar-refractivity contribution in [3.63, 3.8) is 0 Å². The molecule has 4 heterocycles. The van der Waals surface area contributed by atoms with Gasteiger partial charge in [0.15, 0.2) is 0 Å². The van der Waals surface area contributed by atoms with Crippen LogP contribution in [-0.4, -0.2) is 26.4 Å². The lowest BCUT2D eigenvalue weighted by atomic mass is 10.0. The highest BCUT2D eigenvalue weighted by Crippen LogP contribution is 2.48. The van der Waals surface area contributed by atoms with Gasteiger partial charge in [0, 0.05) is 46.9 Å². The third-order valence-electron chi connectivity index (χ3n) is 11.1. The quantitative estimate of drug-likeness (QED) is 0.135. The summed E-state index contributed by atoms with van der Waals surface area (Å²) in [6.45, 7) is 2.91. The molecule has 0 amide bonds. The van der Waals surface area contributed by atoms with Gasteiger partial charge in [-0.15, -0.1) is 0 Å². The van der Waals surface area contributed by atoms with Gasteiger partial charge in [-0.1, -0.05) is 109 Å². The highest BCUT2D eigenvalue weighted by Gasteiger charge is 2.33. The molecular formula is C46H36O4P2. The van der Waals surface area contributed by atoms with E-state index in [-0.39, 0.29) is 0 Å². The number of hydrogen-bond donors (Lipinski definition) is 0. The molecule has 0 radical (unpaired) electrons. The number of hydrogen-bond acceptors (Lipinski definition) is 4. The van der Waals surface area contributed by atoms with E-state index < -0.39 is 15.8 Å². The SMILES string of the molecule is c1cc2c(c(P(c3cccc4c3OCC4)c3cccc4cc5cccc(P(c6cccc7c6OCC7)c6cccc7c6OCC7)c5cc34)c1)OCC2. The van der Waals surface area contributed by atoms with Crippen molar-refractivity contribution in [1.82, 2.24) is 0 Å². The van der Waals surface area contributed by atoms with Crippen molar-refractivity contribution in [2.45, 2.75) is 25.7 Å². The Balaban J connectivity index is 1.19. The van der Waals surface area contributed by atoms with Crippen LogP contribution >= 0.6 is 15.8 Å². The Morgan fingerprint density at radius 2 is 0.635 bits per heavy atom. The number of fused-ring (bicyclic) bond motifs is 6. The van der Waals surface area contributed by atoms with E-state index in [0.29, 0.717) is 0 Å². The zero-order valence-electron chi connectivity index (χ0n) is 28.7. The first-order chi connectivity index (χ1) is 25.8. The van der Waals surface area contributed by atoms with E-state index in [2.05, 4.69) is 121 Å². The molecule has 0 aliphatic carbocycles. The maximum absolute atomic E-state index is 6.43. The minimum Gasteiger partial charge on any atom is -0.492 e. The minimum atomic E-state index is -1.01. The third-order valence-corrected chi connectivity index (χ3v) is 16.1. The molecule has 0 atom stereocenters. The Kier molecular flexibility index (Phi) is 7.31. The predicted octanol–water partition coefficient (Wildman–Crippen LogP) is 7.25. The van der Waals surface area contributed by atoms with Crippen LogP contribution in [0.2, 0.25) is 0 Å².